The first kappa shape index (κ1) is 9.57. The van der Waals surface area contributed by atoms with E-state index in [1.807, 2.05) is 12.1 Å². The Labute approximate surface area is 86.1 Å². The van der Waals surface area contributed by atoms with Crippen molar-refractivity contribution in [2.24, 2.45) is 0 Å². The second-order valence-electron chi connectivity index (χ2n) is 4.22. The van der Waals surface area contributed by atoms with E-state index >= 15 is 0 Å². The van der Waals surface area contributed by atoms with Gasteiger partial charge in [0.1, 0.15) is 5.75 Å². The maximum absolute atomic E-state index is 5.14. The Bertz CT molecular complexity index is 294. The topological polar surface area (TPSA) is 9.23 Å². The molecule has 0 heterocycles. The zero-order chi connectivity index (χ0) is 10.0. The summed E-state index contributed by atoms with van der Waals surface area (Å²) in [5.41, 5.74) is 1.53. The van der Waals surface area contributed by atoms with Crippen molar-refractivity contribution in [3.8, 4) is 5.75 Å². The van der Waals surface area contributed by atoms with Crippen LogP contribution in [0.4, 0.5) is 0 Å². The van der Waals surface area contributed by atoms with Crippen LogP contribution in [0, 0.1) is 6.92 Å². The number of methoxy groups -OCH3 is 1. The summed E-state index contributed by atoms with van der Waals surface area (Å²) >= 11 is 0. The van der Waals surface area contributed by atoms with Crippen molar-refractivity contribution in [2.45, 2.75) is 31.1 Å². The maximum atomic E-state index is 5.14. The highest BCUT2D eigenvalue weighted by Gasteiger charge is 2.30. The Hall–Kier alpha value is -0.980. The van der Waals surface area contributed by atoms with Gasteiger partial charge >= 0.3 is 0 Å². The monoisotopic (exact) mass is 189 g/mol. The normalized spacial score (nSPS) is 19.6. The van der Waals surface area contributed by atoms with Crippen LogP contribution in [0.15, 0.2) is 24.3 Å². The Kier molecular flexibility index (Phi) is 2.49. The zero-order valence-electron chi connectivity index (χ0n) is 8.75. The van der Waals surface area contributed by atoms with Crippen LogP contribution in [0.2, 0.25) is 0 Å². The Balaban J connectivity index is 2.23. The minimum absolute atomic E-state index is 0.173. The maximum Gasteiger partial charge on any atom is 0.118 e. The van der Waals surface area contributed by atoms with Gasteiger partial charge in [-0.3, -0.25) is 0 Å². The molecule has 1 aliphatic carbocycles. The summed E-state index contributed by atoms with van der Waals surface area (Å²) in [4.78, 5) is 0. The molecule has 1 heteroatoms. The van der Waals surface area contributed by atoms with Crippen molar-refractivity contribution in [1.29, 1.82) is 0 Å². The van der Waals surface area contributed by atoms with E-state index < -0.39 is 0 Å². The molecular formula is C13H17O. The molecule has 0 N–H and O–H groups in total. The van der Waals surface area contributed by atoms with E-state index in [1.165, 1.54) is 31.2 Å². The summed E-state index contributed by atoms with van der Waals surface area (Å²) < 4.78 is 5.14. The third kappa shape index (κ3) is 1.63. The van der Waals surface area contributed by atoms with Gasteiger partial charge in [-0.15, -0.1) is 0 Å². The largest absolute Gasteiger partial charge is 0.497 e. The summed E-state index contributed by atoms with van der Waals surface area (Å²) in [5.74, 6) is 0.926. The molecular weight excluding hydrogens is 172 g/mol. The lowest BCUT2D eigenvalue weighted by molar-refractivity contribution is 0.414. The number of hydrogen-bond acceptors (Lipinski definition) is 1. The summed E-state index contributed by atoms with van der Waals surface area (Å²) in [6.45, 7) is 4.35. The fourth-order valence-electron chi connectivity index (χ4n) is 2.29. The van der Waals surface area contributed by atoms with Crippen LogP contribution in [0.3, 0.4) is 0 Å². The minimum Gasteiger partial charge on any atom is -0.497 e. The Morgan fingerprint density at radius 2 is 1.71 bits per heavy atom. The van der Waals surface area contributed by atoms with E-state index in [0.717, 1.165) is 5.75 Å². The van der Waals surface area contributed by atoms with Crippen molar-refractivity contribution in [3.63, 3.8) is 0 Å². The summed E-state index contributed by atoms with van der Waals surface area (Å²) in [7, 11) is 1.70. The van der Waals surface area contributed by atoms with E-state index in [4.69, 9.17) is 4.74 Å². The van der Waals surface area contributed by atoms with E-state index in [-0.39, 0.29) is 5.41 Å². The molecule has 1 nitrogen and oxygen atoms in total. The molecule has 0 aliphatic heterocycles. The van der Waals surface area contributed by atoms with Crippen molar-refractivity contribution < 1.29 is 4.74 Å². The lowest BCUT2D eigenvalue weighted by Gasteiger charge is -2.23. The second kappa shape index (κ2) is 3.64. The second-order valence-corrected chi connectivity index (χ2v) is 4.22. The third-order valence-electron chi connectivity index (χ3n) is 3.26. The van der Waals surface area contributed by atoms with Gasteiger partial charge in [-0.05, 0) is 42.9 Å². The Morgan fingerprint density at radius 3 is 2.21 bits per heavy atom. The average molecular weight is 189 g/mol. The fraction of sp³-hybridized carbons (Fsp3) is 0.462. The van der Waals surface area contributed by atoms with E-state index in [9.17, 15) is 0 Å². The number of hydrogen-bond donors (Lipinski definition) is 0. The summed E-state index contributed by atoms with van der Waals surface area (Å²) in [6.07, 6.45) is 5.07. The molecule has 0 saturated heterocycles. The molecule has 0 spiro atoms. The van der Waals surface area contributed by atoms with E-state index in [2.05, 4.69) is 19.1 Å². The first-order valence-corrected chi connectivity index (χ1v) is 5.24. The van der Waals surface area contributed by atoms with Crippen LogP contribution in [-0.2, 0) is 5.41 Å². The van der Waals surface area contributed by atoms with Gasteiger partial charge in [-0.25, -0.2) is 0 Å². The number of benzene rings is 1. The lowest BCUT2D eigenvalue weighted by Crippen LogP contribution is -2.16. The van der Waals surface area contributed by atoms with Crippen LogP contribution in [0.1, 0.15) is 31.2 Å². The molecule has 14 heavy (non-hydrogen) atoms. The quantitative estimate of drug-likeness (QED) is 0.693. The molecule has 0 unspecified atom stereocenters. The van der Waals surface area contributed by atoms with E-state index in [0.29, 0.717) is 0 Å². The van der Waals surface area contributed by atoms with Gasteiger partial charge in [0.15, 0.2) is 0 Å². The fourth-order valence-corrected chi connectivity index (χ4v) is 2.29. The van der Waals surface area contributed by atoms with Crippen molar-refractivity contribution >= 4 is 0 Å². The molecule has 2 rings (SSSR count). The van der Waals surface area contributed by atoms with E-state index in [1.54, 1.807) is 7.11 Å². The predicted octanol–water partition coefficient (Wildman–Crippen LogP) is 3.34. The molecule has 75 valence electrons. The molecule has 0 bridgehead atoms. The van der Waals surface area contributed by atoms with Gasteiger partial charge in [0, 0.05) is 0 Å². The molecule has 0 amide bonds. The highest BCUT2D eigenvalue weighted by molar-refractivity contribution is 5.33. The molecule has 1 aromatic carbocycles. The molecule has 1 saturated carbocycles. The van der Waals surface area contributed by atoms with Crippen LogP contribution >= 0.6 is 0 Å². The average Bonchev–Trinajstić information content (AvgIpc) is 2.67. The van der Waals surface area contributed by atoms with Gasteiger partial charge in [-0.2, -0.15) is 0 Å². The van der Waals surface area contributed by atoms with Gasteiger partial charge in [0.2, 0.25) is 0 Å². The minimum atomic E-state index is 0.173. The van der Waals surface area contributed by atoms with Crippen LogP contribution in [0.5, 0.6) is 5.75 Å². The highest BCUT2D eigenvalue weighted by Crippen LogP contribution is 2.40. The number of rotatable bonds is 2. The first-order chi connectivity index (χ1) is 6.74. The third-order valence-corrected chi connectivity index (χ3v) is 3.26. The molecule has 1 aromatic rings. The Morgan fingerprint density at radius 1 is 1.14 bits per heavy atom. The lowest BCUT2D eigenvalue weighted by atomic mass is 9.81. The zero-order valence-corrected chi connectivity index (χ0v) is 8.75. The molecule has 1 fully saturated rings. The van der Waals surface area contributed by atoms with Crippen molar-refractivity contribution in [1.82, 2.24) is 0 Å². The molecule has 0 aromatic heterocycles. The number of ether oxygens (including phenoxy) is 1. The molecule has 1 aliphatic rings. The molecule has 1 radical (unpaired) electrons. The summed E-state index contributed by atoms with van der Waals surface area (Å²) in [6, 6.07) is 8.36. The SMILES string of the molecule is [CH2]C1(c2ccc(OC)cc2)CCCC1. The van der Waals surface area contributed by atoms with Gasteiger partial charge < -0.3 is 4.74 Å². The van der Waals surface area contributed by atoms with Crippen LogP contribution in [-0.4, -0.2) is 7.11 Å². The predicted molar refractivity (Wildman–Crippen MR) is 58.5 cm³/mol. The summed E-state index contributed by atoms with van der Waals surface area (Å²) in [5, 5.41) is 0. The molecule has 0 atom stereocenters. The van der Waals surface area contributed by atoms with Gasteiger partial charge in [-0.1, -0.05) is 25.0 Å². The first-order valence-electron chi connectivity index (χ1n) is 5.24. The van der Waals surface area contributed by atoms with Gasteiger partial charge in [0.25, 0.3) is 0 Å². The van der Waals surface area contributed by atoms with Gasteiger partial charge in [0.05, 0.1) is 7.11 Å². The van der Waals surface area contributed by atoms with Crippen molar-refractivity contribution in [2.75, 3.05) is 7.11 Å². The standard InChI is InChI=1S/C13H17O/c1-13(9-3-4-10-13)11-5-7-12(14-2)8-6-11/h5-8H,1,3-4,9-10H2,2H3. The highest BCUT2D eigenvalue weighted by atomic mass is 16.5. The van der Waals surface area contributed by atoms with Crippen molar-refractivity contribution in [3.05, 3.63) is 36.8 Å². The van der Waals surface area contributed by atoms with Crippen LogP contribution < -0.4 is 4.74 Å². The van der Waals surface area contributed by atoms with Crippen LogP contribution in [0.25, 0.3) is 0 Å². The smallest absolute Gasteiger partial charge is 0.118 e.